The second kappa shape index (κ2) is 12.6. The van der Waals surface area contributed by atoms with Crippen LogP contribution in [0.15, 0.2) is 107 Å². The van der Waals surface area contributed by atoms with E-state index in [9.17, 15) is 32.9 Å². The van der Waals surface area contributed by atoms with Crippen molar-refractivity contribution in [3.8, 4) is 0 Å². The van der Waals surface area contributed by atoms with Crippen LogP contribution in [0.3, 0.4) is 0 Å². The minimum atomic E-state index is -4.54. The Kier molecular flexibility index (Phi) is 8.66. The molecular weight excluding hydrogens is 587 g/mol. The molecule has 0 saturated heterocycles. The van der Waals surface area contributed by atoms with Gasteiger partial charge in [-0.25, -0.2) is 9.36 Å². The number of nitrogens with zero attached hydrogens (tertiary/aromatic N) is 5. The van der Waals surface area contributed by atoms with Gasteiger partial charge in [0, 0.05) is 11.8 Å². The van der Waals surface area contributed by atoms with Crippen LogP contribution in [-0.4, -0.2) is 23.8 Å². The summed E-state index contributed by atoms with van der Waals surface area (Å²) in [5.41, 5.74) is -1.89. The number of benzene rings is 3. The van der Waals surface area contributed by atoms with Gasteiger partial charge in [0.15, 0.2) is 0 Å². The summed E-state index contributed by atoms with van der Waals surface area (Å²) in [6.45, 7) is 3.16. The highest BCUT2D eigenvalue weighted by molar-refractivity contribution is 5.71. The molecule has 0 saturated carbocycles. The van der Waals surface area contributed by atoms with E-state index in [2.05, 4.69) is 5.10 Å². The molecule has 2 atom stereocenters. The number of aromatic nitrogens is 4. The molecule has 0 fully saturated rings. The van der Waals surface area contributed by atoms with Gasteiger partial charge in [0.2, 0.25) is 0 Å². The highest BCUT2D eigenvalue weighted by Crippen LogP contribution is 2.32. The zero-order chi connectivity index (χ0) is 32.3. The van der Waals surface area contributed by atoms with Gasteiger partial charge in [-0.3, -0.25) is 24.2 Å². The lowest BCUT2D eigenvalue weighted by Crippen LogP contribution is -2.44. The fourth-order valence-electron chi connectivity index (χ4n) is 5.29. The van der Waals surface area contributed by atoms with Gasteiger partial charge < -0.3 is 0 Å². The molecule has 45 heavy (non-hydrogen) atoms. The van der Waals surface area contributed by atoms with Crippen molar-refractivity contribution in [3.63, 3.8) is 0 Å². The molecule has 3 aromatic carbocycles. The van der Waals surface area contributed by atoms with Crippen molar-refractivity contribution >= 4 is 17.8 Å². The van der Waals surface area contributed by atoms with Crippen LogP contribution in [0.1, 0.15) is 59.4 Å². The monoisotopic (exact) mass is 615 g/mol. The van der Waals surface area contributed by atoms with Gasteiger partial charge >= 0.3 is 23.1 Å². The van der Waals surface area contributed by atoms with Gasteiger partial charge in [0.1, 0.15) is 5.69 Å². The van der Waals surface area contributed by atoms with Crippen LogP contribution < -0.4 is 11.2 Å². The Labute approximate surface area is 255 Å². The predicted octanol–water partition coefficient (Wildman–Crippen LogP) is 6.57. The first-order valence-electron chi connectivity index (χ1n) is 14.0. The van der Waals surface area contributed by atoms with Crippen molar-refractivity contribution in [3.05, 3.63) is 162 Å². The minimum Gasteiger partial charge on any atom is -0.280 e. The molecule has 0 aliphatic carbocycles. The average molecular weight is 616 g/mol. The van der Waals surface area contributed by atoms with Crippen LogP contribution in [0.2, 0.25) is 0 Å². The Morgan fingerprint density at radius 1 is 0.844 bits per heavy atom. The molecule has 0 aliphatic rings. The standard InChI is InChI=1S/C33H28F3N5O4/c1-22(25-11-5-3-6-12-25)39-29(30(41(44)45)31(42)40(32(39)43)23(2)26-13-7-4-8-14-26)18-17-24-19-37-38(20-24)21-27-15-9-10-16-28(27)33(34,35)36/h3-20,22-23H,21H2,1-2H3. The molecule has 0 radical (unpaired) electrons. The van der Waals surface area contributed by atoms with Crippen molar-refractivity contribution in [1.29, 1.82) is 0 Å². The Hall–Kier alpha value is -5.52. The van der Waals surface area contributed by atoms with Crippen molar-refractivity contribution in [2.75, 3.05) is 0 Å². The van der Waals surface area contributed by atoms with Crippen LogP contribution in [0, 0.1) is 10.1 Å². The molecule has 0 N–H and O–H groups in total. The smallest absolute Gasteiger partial charge is 0.280 e. The maximum absolute atomic E-state index is 14.1. The molecular formula is C33H28F3N5O4. The van der Waals surface area contributed by atoms with Crippen molar-refractivity contribution < 1.29 is 18.1 Å². The van der Waals surface area contributed by atoms with E-state index in [4.69, 9.17) is 0 Å². The van der Waals surface area contributed by atoms with Crippen LogP contribution in [0.25, 0.3) is 12.2 Å². The second-order valence-corrected chi connectivity index (χ2v) is 10.5. The third kappa shape index (κ3) is 6.40. The fourth-order valence-corrected chi connectivity index (χ4v) is 5.29. The van der Waals surface area contributed by atoms with E-state index in [1.807, 2.05) is 0 Å². The second-order valence-electron chi connectivity index (χ2n) is 10.5. The first-order valence-corrected chi connectivity index (χ1v) is 14.0. The lowest BCUT2D eigenvalue weighted by Gasteiger charge is -2.22. The SMILES string of the molecule is CC(c1ccccc1)n1c(C=Cc2cnn(Cc3ccccc3C(F)(F)F)c2)c([N+](=O)[O-])c(=O)n(C(C)c2ccccc2)c1=O. The zero-order valence-corrected chi connectivity index (χ0v) is 24.3. The average Bonchev–Trinajstić information content (AvgIpc) is 3.47. The minimum absolute atomic E-state index is 0.0148. The third-order valence-corrected chi connectivity index (χ3v) is 7.60. The predicted molar refractivity (Wildman–Crippen MR) is 164 cm³/mol. The van der Waals surface area contributed by atoms with Crippen molar-refractivity contribution in [2.45, 2.75) is 38.7 Å². The molecule has 0 spiro atoms. The Morgan fingerprint density at radius 2 is 1.40 bits per heavy atom. The molecule has 2 aromatic heterocycles. The van der Waals surface area contributed by atoms with Gasteiger partial charge in [-0.05, 0) is 48.8 Å². The summed E-state index contributed by atoms with van der Waals surface area (Å²) in [5, 5.41) is 16.6. The van der Waals surface area contributed by atoms with Crippen LogP contribution >= 0.6 is 0 Å². The highest BCUT2D eigenvalue weighted by Gasteiger charge is 2.33. The normalized spacial score (nSPS) is 13.2. The van der Waals surface area contributed by atoms with Crippen molar-refractivity contribution in [1.82, 2.24) is 18.9 Å². The van der Waals surface area contributed by atoms with E-state index in [0.717, 1.165) is 10.6 Å². The molecule has 0 bridgehead atoms. The fraction of sp³-hybridized carbons (Fsp3) is 0.182. The summed E-state index contributed by atoms with van der Waals surface area (Å²) in [5.74, 6) is 0. The van der Waals surface area contributed by atoms with Crippen LogP contribution in [0.5, 0.6) is 0 Å². The van der Waals surface area contributed by atoms with Gasteiger partial charge in [-0.2, -0.15) is 18.3 Å². The summed E-state index contributed by atoms with van der Waals surface area (Å²) in [6, 6.07) is 21.3. The van der Waals surface area contributed by atoms with E-state index < -0.39 is 45.7 Å². The Bertz CT molecular complexity index is 1980. The van der Waals surface area contributed by atoms with Gasteiger partial charge in [0.25, 0.3) is 0 Å². The van der Waals surface area contributed by atoms with E-state index in [1.165, 1.54) is 52.0 Å². The number of rotatable bonds is 9. The molecule has 12 heteroatoms. The van der Waals surface area contributed by atoms with Crippen LogP contribution in [0.4, 0.5) is 18.9 Å². The number of nitro groups is 1. The summed E-state index contributed by atoms with van der Waals surface area (Å²) in [4.78, 5) is 39.4. The largest absolute Gasteiger partial charge is 0.416 e. The summed E-state index contributed by atoms with van der Waals surface area (Å²) >= 11 is 0. The molecule has 0 aliphatic heterocycles. The topological polar surface area (TPSA) is 105 Å². The zero-order valence-electron chi connectivity index (χ0n) is 24.3. The number of hydrogen-bond donors (Lipinski definition) is 0. The van der Waals surface area contributed by atoms with E-state index in [-0.39, 0.29) is 17.8 Å². The molecule has 2 unspecified atom stereocenters. The summed E-state index contributed by atoms with van der Waals surface area (Å²) in [6.07, 6.45) is 1.03. The first kappa shape index (κ1) is 30.9. The Morgan fingerprint density at radius 3 is 1.98 bits per heavy atom. The summed E-state index contributed by atoms with van der Waals surface area (Å²) in [7, 11) is 0. The molecule has 5 aromatic rings. The van der Waals surface area contributed by atoms with E-state index in [0.29, 0.717) is 16.7 Å². The molecule has 9 nitrogen and oxygen atoms in total. The lowest BCUT2D eigenvalue weighted by atomic mass is 10.1. The number of alkyl halides is 3. The molecule has 0 amide bonds. The number of hydrogen-bond acceptors (Lipinski definition) is 5. The maximum Gasteiger partial charge on any atom is 0.416 e. The quantitative estimate of drug-likeness (QED) is 0.138. The first-order chi connectivity index (χ1) is 21.5. The molecule has 2 heterocycles. The van der Waals surface area contributed by atoms with Gasteiger partial charge in [0.05, 0.1) is 35.3 Å². The lowest BCUT2D eigenvalue weighted by molar-refractivity contribution is -0.387. The molecule has 5 rings (SSSR count). The van der Waals surface area contributed by atoms with Crippen molar-refractivity contribution in [2.24, 2.45) is 0 Å². The van der Waals surface area contributed by atoms with E-state index >= 15 is 0 Å². The highest BCUT2D eigenvalue weighted by atomic mass is 19.4. The van der Waals surface area contributed by atoms with E-state index in [1.54, 1.807) is 74.5 Å². The Balaban J connectivity index is 1.63. The van der Waals surface area contributed by atoms with Gasteiger partial charge in [-0.15, -0.1) is 0 Å². The third-order valence-electron chi connectivity index (χ3n) is 7.60. The number of halogens is 3. The molecule has 230 valence electrons. The maximum atomic E-state index is 14.1. The van der Waals surface area contributed by atoms with Crippen LogP contribution in [-0.2, 0) is 12.7 Å². The van der Waals surface area contributed by atoms with Gasteiger partial charge in [-0.1, -0.05) is 78.9 Å². The summed E-state index contributed by atoms with van der Waals surface area (Å²) < 4.78 is 43.9.